The molecule has 0 bridgehead atoms. The van der Waals surface area contributed by atoms with E-state index < -0.39 is 6.04 Å². The van der Waals surface area contributed by atoms with E-state index in [0.717, 1.165) is 5.56 Å². The molecule has 0 fully saturated rings. The average Bonchev–Trinajstić information content (AvgIpc) is 2.55. The maximum atomic E-state index is 12.8. The third-order valence-corrected chi connectivity index (χ3v) is 3.24. The van der Waals surface area contributed by atoms with E-state index in [1.807, 2.05) is 6.07 Å². The number of rotatable bonds is 6. The summed E-state index contributed by atoms with van der Waals surface area (Å²) in [5.41, 5.74) is 1.57. The molecule has 0 aliphatic rings. The fourth-order valence-corrected chi connectivity index (χ4v) is 1.99. The average molecular weight is 315 g/mol. The molecule has 2 aromatic rings. The van der Waals surface area contributed by atoms with Gasteiger partial charge in [-0.25, -0.2) is 4.39 Å². The third kappa shape index (κ3) is 5.50. The van der Waals surface area contributed by atoms with Gasteiger partial charge in [0.25, 0.3) is 0 Å². The minimum Gasteiger partial charge on any atom is -0.350 e. The molecule has 5 nitrogen and oxygen atoms in total. The Balaban J connectivity index is 1.78. The van der Waals surface area contributed by atoms with Crippen molar-refractivity contribution in [2.75, 3.05) is 0 Å². The number of hydrogen-bond acceptors (Lipinski definition) is 3. The second kappa shape index (κ2) is 8.03. The van der Waals surface area contributed by atoms with Gasteiger partial charge < -0.3 is 10.6 Å². The fourth-order valence-electron chi connectivity index (χ4n) is 1.99. The smallest absolute Gasteiger partial charge is 0.242 e. The Bertz CT molecular complexity index is 659. The molecule has 2 amide bonds. The number of aromatic nitrogens is 1. The van der Waals surface area contributed by atoms with Crippen molar-refractivity contribution in [2.45, 2.75) is 25.9 Å². The van der Waals surface area contributed by atoms with Gasteiger partial charge in [-0.1, -0.05) is 18.2 Å². The lowest BCUT2D eigenvalue weighted by Crippen LogP contribution is -2.45. The second-order valence-corrected chi connectivity index (χ2v) is 5.17. The molecule has 1 atom stereocenters. The van der Waals surface area contributed by atoms with Crippen molar-refractivity contribution in [3.05, 3.63) is 65.7 Å². The lowest BCUT2D eigenvalue weighted by molar-refractivity contribution is -0.128. The van der Waals surface area contributed by atoms with Gasteiger partial charge >= 0.3 is 0 Å². The summed E-state index contributed by atoms with van der Waals surface area (Å²) in [7, 11) is 0. The summed E-state index contributed by atoms with van der Waals surface area (Å²) in [6, 6.07) is 8.67. The van der Waals surface area contributed by atoms with E-state index in [1.54, 1.807) is 37.5 Å². The molecule has 0 radical (unpaired) electrons. The Morgan fingerprint density at radius 3 is 2.57 bits per heavy atom. The van der Waals surface area contributed by atoms with Crippen LogP contribution in [0.2, 0.25) is 0 Å². The molecule has 0 saturated carbocycles. The molecule has 2 rings (SSSR count). The summed E-state index contributed by atoms with van der Waals surface area (Å²) in [6.07, 6.45) is 3.42. The van der Waals surface area contributed by atoms with Crippen LogP contribution in [0.3, 0.4) is 0 Å². The highest BCUT2D eigenvalue weighted by atomic mass is 19.1. The number of benzene rings is 1. The van der Waals surface area contributed by atoms with Gasteiger partial charge in [-0.2, -0.15) is 0 Å². The van der Waals surface area contributed by atoms with E-state index in [4.69, 9.17) is 0 Å². The Hall–Kier alpha value is -2.76. The van der Waals surface area contributed by atoms with Gasteiger partial charge in [-0.3, -0.25) is 14.6 Å². The molecule has 0 aliphatic heterocycles. The number of halogens is 1. The third-order valence-electron chi connectivity index (χ3n) is 3.24. The van der Waals surface area contributed by atoms with Crippen molar-refractivity contribution in [3.63, 3.8) is 0 Å². The molecular weight excluding hydrogens is 297 g/mol. The highest BCUT2D eigenvalue weighted by Crippen LogP contribution is 2.03. The Kier molecular flexibility index (Phi) is 5.80. The summed E-state index contributed by atoms with van der Waals surface area (Å²) in [5, 5.41) is 5.35. The molecule has 1 aromatic carbocycles. The fraction of sp³-hybridized carbons (Fsp3) is 0.235. The van der Waals surface area contributed by atoms with E-state index in [0.29, 0.717) is 12.1 Å². The number of amides is 2. The van der Waals surface area contributed by atoms with Crippen LogP contribution in [0.1, 0.15) is 18.1 Å². The minimum atomic E-state index is -0.653. The maximum Gasteiger partial charge on any atom is 0.242 e. The second-order valence-electron chi connectivity index (χ2n) is 5.17. The highest BCUT2D eigenvalue weighted by molar-refractivity contribution is 5.88. The molecule has 0 spiro atoms. The van der Waals surface area contributed by atoms with Gasteiger partial charge in [0.05, 0.1) is 6.42 Å². The first kappa shape index (κ1) is 16.6. The minimum absolute atomic E-state index is 0.0977. The Morgan fingerprint density at radius 2 is 1.91 bits per heavy atom. The lowest BCUT2D eigenvalue weighted by Gasteiger charge is -2.14. The van der Waals surface area contributed by atoms with Gasteiger partial charge in [0.2, 0.25) is 11.8 Å². The monoisotopic (exact) mass is 315 g/mol. The zero-order valence-corrected chi connectivity index (χ0v) is 12.8. The molecule has 23 heavy (non-hydrogen) atoms. The Labute approximate surface area is 133 Å². The first-order chi connectivity index (χ1) is 11.0. The number of carbonyl (C=O) groups is 2. The van der Waals surface area contributed by atoms with Gasteiger partial charge in [-0.15, -0.1) is 0 Å². The summed E-state index contributed by atoms with van der Waals surface area (Å²) in [4.78, 5) is 27.8. The van der Waals surface area contributed by atoms with Crippen LogP contribution in [0.15, 0.2) is 48.8 Å². The van der Waals surface area contributed by atoms with Crippen LogP contribution in [0.4, 0.5) is 4.39 Å². The van der Waals surface area contributed by atoms with Gasteiger partial charge in [0.1, 0.15) is 11.9 Å². The standard InChI is InChI=1S/C17H18FN3O2/c1-12(17(23)20-11-14-3-2-8-19-10-14)21-16(22)9-13-4-6-15(18)7-5-13/h2-8,10,12H,9,11H2,1H3,(H,20,23)(H,21,22)/t12-/m1/s1. The number of nitrogens with zero attached hydrogens (tertiary/aromatic N) is 1. The molecule has 0 aliphatic carbocycles. The summed E-state index contributed by atoms with van der Waals surface area (Å²) < 4.78 is 12.8. The molecule has 1 aromatic heterocycles. The molecule has 0 saturated heterocycles. The number of pyridine rings is 1. The first-order valence-electron chi connectivity index (χ1n) is 7.25. The van der Waals surface area contributed by atoms with Crippen molar-refractivity contribution < 1.29 is 14.0 Å². The number of nitrogens with one attached hydrogen (secondary N) is 2. The van der Waals surface area contributed by atoms with E-state index in [-0.39, 0.29) is 24.1 Å². The normalized spacial score (nSPS) is 11.6. The predicted octanol–water partition coefficient (Wildman–Crippen LogP) is 1.58. The van der Waals surface area contributed by atoms with Crippen LogP contribution in [-0.2, 0) is 22.6 Å². The van der Waals surface area contributed by atoms with Gasteiger partial charge in [0, 0.05) is 18.9 Å². The van der Waals surface area contributed by atoms with E-state index in [2.05, 4.69) is 15.6 Å². The van der Waals surface area contributed by atoms with Crippen LogP contribution < -0.4 is 10.6 Å². The summed E-state index contributed by atoms with van der Waals surface area (Å²) in [6.45, 7) is 1.96. The van der Waals surface area contributed by atoms with Crippen molar-refractivity contribution >= 4 is 11.8 Å². The van der Waals surface area contributed by atoms with Crippen molar-refractivity contribution in [3.8, 4) is 0 Å². The van der Waals surface area contributed by atoms with Gasteiger partial charge in [-0.05, 0) is 36.2 Å². The van der Waals surface area contributed by atoms with E-state index in [9.17, 15) is 14.0 Å². The first-order valence-corrected chi connectivity index (χ1v) is 7.25. The molecule has 0 unspecified atom stereocenters. The SMILES string of the molecule is C[C@@H](NC(=O)Cc1ccc(F)cc1)C(=O)NCc1cccnc1. The van der Waals surface area contributed by atoms with Crippen LogP contribution in [0, 0.1) is 5.82 Å². The quantitative estimate of drug-likeness (QED) is 0.850. The molecule has 1 heterocycles. The number of hydrogen-bond donors (Lipinski definition) is 2. The molecular formula is C17H18FN3O2. The summed E-state index contributed by atoms with van der Waals surface area (Å²) >= 11 is 0. The molecule has 2 N–H and O–H groups in total. The largest absolute Gasteiger partial charge is 0.350 e. The maximum absolute atomic E-state index is 12.8. The van der Waals surface area contributed by atoms with Gasteiger partial charge in [0.15, 0.2) is 0 Å². The lowest BCUT2D eigenvalue weighted by atomic mass is 10.1. The molecule has 6 heteroatoms. The molecule has 120 valence electrons. The van der Waals surface area contributed by atoms with Crippen molar-refractivity contribution in [1.29, 1.82) is 0 Å². The number of carbonyl (C=O) groups excluding carboxylic acids is 2. The zero-order valence-electron chi connectivity index (χ0n) is 12.8. The Morgan fingerprint density at radius 1 is 1.17 bits per heavy atom. The van der Waals surface area contributed by atoms with E-state index in [1.165, 1.54) is 12.1 Å². The predicted molar refractivity (Wildman–Crippen MR) is 83.8 cm³/mol. The van der Waals surface area contributed by atoms with Crippen LogP contribution in [-0.4, -0.2) is 22.8 Å². The van der Waals surface area contributed by atoms with Crippen molar-refractivity contribution in [1.82, 2.24) is 15.6 Å². The van der Waals surface area contributed by atoms with Crippen molar-refractivity contribution in [2.24, 2.45) is 0 Å². The zero-order chi connectivity index (χ0) is 16.7. The van der Waals surface area contributed by atoms with Crippen LogP contribution in [0.25, 0.3) is 0 Å². The van der Waals surface area contributed by atoms with Crippen LogP contribution in [0.5, 0.6) is 0 Å². The highest BCUT2D eigenvalue weighted by Gasteiger charge is 2.15. The van der Waals surface area contributed by atoms with Crippen LogP contribution >= 0.6 is 0 Å². The van der Waals surface area contributed by atoms with E-state index >= 15 is 0 Å². The summed E-state index contributed by atoms with van der Waals surface area (Å²) in [5.74, 6) is -0.917. The topological polar surface area (TPSA) is 71.1 Å².